The number of rotatable bonds is 4. The second kappa shape index (κ2) is 6.37. The van der Waals surface area contributed by atoms with Crippen LogP contribution in [-0.4, -0.2) is 36.2 Å². The number of carboxylic acid groups (broad SMARTS) is 1. The van der Waals surface area contributed by atoms with Crippen molar-refractivity contribution in [1.82, 2.24) is 5.32 Å². The topological polar surface area (TPSA) is 75.6 Å². The fourth-order valence-corrected chi connectivity index (χ4v) is 3.23. The first-order valence-electron chi connectivity index (χ1n) is 6.66. The Morgan fingerprint density at radius 1 is 1.50 bits per heavy atom. The lowest BCUT2D eigenvalue weighted by molar-refractivity contribution is -0.142. The molecular formula is C14H19NO4S. The van der Waals surface area contributed by atoms with Crippen LogP contribution in [0.3, 0.4) is 0 Å². The van der Waals surface area contributed by atoms with E-state index >= 15 is 0 Å². The first kappa shape index (κ1) is 15.0. The van der Waals surface area contributed by atoms with Crippen molar-refractivity contribution >= 4 is 23.2 Å². The van der Waals surface area contributed by atoms with Crippen LogP contribution in [-0.2, 0) is 9.53 Å². The molecule has 6 heteroatoms. The van der Waals surface area contributed by atoms with Gasteiger partial charge in [-0.05, 0) is 32.3 Å². The van der Waals surface area contributed by atoms with E-state index in [1.54, 1.807) is 5.38 Å². The highest BCUT2D eigenvalue weighted by atomic mass is 32.1. The van der Waals surface area contributed by atoms with Crippen molar-refractivity contribution in [2.75, 3.05) is 13.2 Å². The van der Waals surface area contributed by atoms with Gasteiger partial charge in [-0.15, -0.1) is 11.3 Å². The number of carboxylic acids is 1. The minimum atomic E-state index is -1.00. The lowest BCUT2D eigenvalue weighted by Crippen LogP contribution is -2.48. The zero-order chi connectivity index (χ0) is 14.7. The lowest BCUT2D eigenvalue weighted by Gasteiger charge is -2.28. The van der Waals surface area contributed by atoms with Gasteiger partial charge in [-0.25, -0.2) is 4.79 Å². The quantitative estimate of drug-likeness (QED) is 0.891. The minimum absolute atomic E-state index is 0.162. The van der Waals surface area contributed by atoms with Crippen LogP contribution in [0.15, 0.2) is 5.38 Å². The third-order valence-corrected chi connectivity index (χ3v) is 4.76. The van der Waals surface area contributed by atoms with E-state index in [4.69, 9.17) is 4.74 Å². The second-order valence-corrected chi connectivity index (χ2v) is 6.18. The molecule has 20 heavy (non-hydrogen) atoms. The van der Waals surface area contributed by atoms with Crippen LogP contribution in [0.2, 0.25) is 0 Å². The molecular weight excluding hydrogens is 278 g/mol. The molecule has 1 aromatic rings. The molecule has 1 aliphatic rings. The van der Waals surface area contributed by atoms with Crippen LogP contribution >= 0.6 is 11.3 Å². The first-order chi connectivity index (χ1) is 9.50. The number of aliphatic carboxylic acids is 1. The lowest BCUT2D eigenvalue weighted by atomic mass is 9.93. The summed E-state index contributed by atoms with van der Waals surface area (Å²) in [5, 5.41) is 13.7. The maximum Gasteiger partial charge on any atom is 0.326 e. The summed E-state index contributed by atoms with van der Waals surface area (Å²) < 4.78 is 5.32. The second-order valence-electron chi connectivity index (χ2n) is 5.10. The number of amides is 1. The number of nitrogens with one attached hydrogen (secondary N) is 1. The summed E-state index contributed by atoms with van der Waals surface area (Å²) >= 11 is 1.50. The van der Waals surface area contributed by atoms with Gasteiger partial charge in [0.05, 0.1) is 12.2 Å². The number of carbonyl (C=O) groups excluding carboxylic acids is 1. The molecule has 1 aliphatic heterocycles. The van der Waals surface area contributed by atoms with E-state index < -0.39 is 12.0 Å². The predicted molar refractivity (Wildman–Crippen MR) is 76.2 cm³/mol. The highest BCUT2D eigenvalue weighted by Gasteiger charge is 2.32. The fraction of sp³-hybridized carbons (Fsp3) is 0.571. The van der Waals surface area contributed by atoms with Gasteiger partial charge in [-0.2, -0.15) is 0 Å². The van der Waals surface area contributed by atoms with E-state index in [9.17, 15) is 14.7 Å². The van der Waals surface area contributed by atoms with Gasteiger partial charge < -0.3 is 15.2 Å². The van der Waals surface area contributed by atoms with Gasteiger partial charge in [0.15, 0.2) is 0 Å². The molecule has 5 nitrogen and oxygen atoms in total. The van der Waals surface area contributed by atoms with Gasteiger partial charge in [0.2, 0.25) is 0 Å². The maximum absolute atomic E-state index is 12.2. The van der Waals surface area contributed by atoms with Crippen LogP contribution in [0.1, 0.15) is 33.6 Å². The van der Waals surface area contributed by atoms with E-state index in [-0.39, 0.29) is 11.8 Å². The molecule has 1 fully saturated rings. The summed E-state index contributed by atoms with van der Waals surface area (Å²) in [5.41, 5.74) is 1.48. The Kier molecular flexibility index (Phi) is 4.77. The Bertz CT molecular complexity index is 505. The van der Waals surface area contributed by atoms with Crippen LogP contribution in [0.25, 0.3) is 0 Å². The summed E-state index contributed by atoms with van der Waals surface area (Å²) in [6.07, 6.45) is 1.60. The predicted octanol–water partition coefficient (Wildman–Crippen LogP) is 1.97. The van der Waals surface area contributed by atoms with Gasteiger partial charge in [-0.1, -0.05) is 0 Å². The van der Waals surface area contributed by atoms with Gasteiger partial charge >= 0.3 is 5.97 Å². The maximum atomic E-state index is 12.2. The zero-order valence-corrected chi connectivity index (χ0v) is 12.5. The summed E-state index contributed by atoms with van der Waals surface area (Å²) in [4.78, 5) is 24.7. The summed E-state index contributed by atoms with van der Waals surface area (Å²) in [6, 6.07) is -0.887. The van der Waals surface area contributed by atoms with Crippen molar-refractivity contribution in [3.63, 3.8) is 0 Å². The Morgan fingerprint density at radius 3 is 2.75 bits per heavy atom. The number of hydrogen-bond acceptors (Lipinski definition) is 4. The molecule has 0 aromatic carbocycles. The van der Waals surface area contributed by atoms with E-state index in [1.807, 2.05) is 13.8 Å². The summed E-state index contributed by atoms with van der Waals surface area (Å²) in [6.45, 7) is 4.87. The van der Waals surface area contributed by atoms with Crippen molar-refractivity contribution in [2.45, 2.75) is 32.7 Å². The van der Waals surface area contributed by atoms with Gasteiger partial charge in [0.25, 0.3) is 5.91 Å². The molecule has 110 valence electrons. The molecule has 2 heterocycles. The fourth-order valence-electron chi connectivity index (χ4n) is 2.37. The van der Waals surface area contributed by atoms with E-state index in [0.29, 0.717) is 18.8 Å². The molecule has 0 aliphatic carbocycles. The first-order valence-corrected chi connectivity index (χ1v) is 7.54. The van der Waals surface area contributed by atoms with Crippen molar-refractivity contribution in [3.05, 3.63) is 21.4 Å². The Balaban J connectivity index is 2.09. The smallest absolute Gasteiger partial charge is 0.326 e. The Hall–Kier alpha value is -1.40. The number of thiophene rings is 1. The minimum Gasteiger partial charge on any atom is -0.480 e. The number of hydrogen-bond donors (Lipinski definition) is 2. The molecule has 0 spiro atoms. The highest BCUT2D eigenvalue weighted by Crippen LogP contribution is 2.22. The third-order valence-electron chi connectivity index (χ3n) is 3.75. The number of carbonyl (C=O) groups is 2. The molecule has 1 aromatic heterocycles. The summed E-state index contributed by atoms with van der Waals surface area (Å²) in [7, 11) is 0. The van der Waals surface area contributed by atoms with Crippen molar-refractivity contribution < 1.29 is 19.4 Å². The summed E-state index contributed by atoms with van der Waals surface area (Å²) in [5.74, 6) is -1.48. The molecule has 2 N–H and O–H groups in total. The largest absolute Gasteiger partial charge is 0.480 e. The van der Waals surface area contributed by atoms with Crippen LogP contribution in [0.4, 0.5) is 0 Å². The van der Waals surface area contributed by atoms with Crippen LogP contribution < -0.4 is 5.32 Å². The average Bonchev–Trinajstić information content (AvgIpc) is 2.77. The molecule has 2 rings (SSSR count). The molecule has 0 unspecified atom stereocenters. The van der Waals surface area contributed by atoms with Gasteiger partial charge in [-0.3, -0.25) is 4.79 Å². The monoisotopic (exact) mass is 297 g/mol. The normalized spacial score (nSPS) is 20.4. The average molecular weight is 297 g/mol. The molecule has 1 amide bonds. The highest BCUT2D eigenvalue weighted by molar-refractivity contribution is 7.10. The van der Waals surface area contributed by atoms with E-state index in [0.717, 1.165) is 23.3 Å². The molecule has 0 radical (unpaired) electrons. The van der Waals surface area contributed by atoms with Gasteiger partial charge in [0, 0.05) is 22.8 Å². The van der Waals surface area contributed by atoms with Crippen molar-refractivity contribution in [3.8, 4) is 0 Å². The van der Waals surface area contributed by atoms with E-state index in [1.165, 1.54) is 11.3 Å². The SMILES string of the molecule is Cc1scc(C(=O)N[C@@H](C(=O)O)[C@@H]2CCCOC2)c1C. The van der Waals surface area contributed by atoms with Crippen molar-refractivity contribution in [2.24, 2.45) is 5.92 Å². The molecule has 0 saturated carbocycles. The molecule has 0 bridgehead atoms. The Morgan fingerprint density at radius 2 is 2.25 bits per heavy atom. The van der Waals surface area contributed by atoms with Crippen LogP contribution in [0.5, 0.6) is 0 Å². The van der Waals surface area contributed by atoms with Gasteiger partial charge in [0.1, 0.15) is 6.04 Å². The van der Waals surface area contributed by atoms with Crippen LogP contribution in [0, 0.1) is 19.8 Å². The molecule has 1 saturated heterocycles. The van der Waals surface area contributed by atoms with E-state index in [2.05, 4.69) is 5.32 Å². The zero-order valence-electron chi connectivity index (χ0n) is 11.6. The molecule has 2 atom stereocenters. The third kappa shape index (κ3) is 3.19. The number of ether oxygens (including phenoxy) is 1. The number of aryl methyl sites for hydroxylation is 1. The standard InChI is InChI=1S/C14H19NO4S/c1-8-9(2)20-7-11(8)13(16)15-12(14(17)18)10-4-3-5-19-6-10/h7,10,12H,3-6H2,1-2H3,(H,15,16)(H,17,18)/t10-,12-/m1/s1. The Labute approximate surface area is 121 Å². The van der Waals surface area contributed by atoms with Crippen molar-refractivity contribution in [1.29, 1.82) is 0 Å².